The van der Waals surface area contributed by atoms with Crippen LogP contribution in [0.1, 0.15) is 18.3 Å². The lowest BCUT2D eigenvalue weighted by molar-refractivity contribution is 0.643. The Hall–Kier alpha value is -1.60. The van der Waals surface area contributed by atoms with Gasteiger partial charge in [-0.25, -0.2) is 0 Å². The Morgan fingerprint density at radius 1 is 1.50 bits per heavy atom. The largest absolute Gasteiger partial charge is 0.357 e. The Labute approximate surface area is 128 Å². The summed E-state index contributed by atoms with van der Waals surface area (Å²) in [6, 6.07) is 0. The Morgan fingerprint density at radius 3 is 2.80 bits per heavy atom. The molecular formula is C12H17ClN6S. The lowest BCUT2D eigenvalue weighted by Gasteiger charge is -2.09. The van der Waals surface area contributed by atoms with Crippen molar-refractivity contribution < 1.29 is 0 Å². The van der Waals surface area contributed by atoms with E-state index < -0.39 is 0 Å². The number of thiocarbonyl (C=S) groups is 1. The van der Waals surface area contributed by atoms with Gasteiger partial charge < -0.3 is 10.6 Å². The molecule has 0 aliphatic rings. The summed E-state index contributed by atoms with van der Waals surface area (Å²) in [6.45, 7) is 5.25. The van der Waals surface area contributed by atoms with E-state index in [1.165, 1.54) is 0 Å². The maximum Gasteiger partial charge on any atom is 0.171 e. The van der Waals surface area contributed by atoms with Crippen LogP contribution in [0.25, 0.3) is 0 Å². The molecule has 2 rings (SSSR count). The van der Waals surface area contributed by atoms with Gasteiger partial charge >= 0.3 is 0 Å². The zero-order chi connectivity index (χ0) is 14.7. The fourth-order valence-corrected chi connectivity index (χ4v) is 2.07. The van der Waals surface area contributed by atoms with E-state index in [-0.39, 0.29) is 0 Å². The van der Waals surface area contributed by atoms with Crippen molar-refractivity contribution in [1.82, 2.24) is 24.9 Å². The van der Waals surface area contributed by atoms with Gasteiger partial charge in [0.25, 0.3) is 0 Å². The van der Waals surface area contributed by atoms with Crippen molar-refractivity contribution in [2.75, 3.05) is 5.32 Å². The molecule has 0 saturated heterocycles. The van der Waals surface area contributed by atoms with E-state index in [9.17, 15) is 0 Å². The third-order valence-electron chi connectivity index (χ3n) is 3.01. The molecule has 0 saturated carbocycles. The molecule has 0 aliphatic carbocycles. The number of nitrogens with one attached hydrogen (secondary N) is 2. The summed E-state index contributed by atoms with van der Waals surface area (Å²) in [5.41, 5.74) is 2.68. The normalized spacial score (nSPS) is 10.6. The molecule has 2 N–H and O–H groups in total. The average Bonchev–Trinajstić information content (AvgIpc) is 2.94. The lowest BCUT2D eigenvalue weighted by atomic mass is 10.4. The monoisotopic (exact) mass is 312 g/mol. The lowest BCUT2D eigenvalue weighted by Crippen LogP contribution is -2.28. The molecule has 0 fully saturated rings. The molecule has 108 valence electrons. The van der Waals surface area contributed by atoms with E-state index in [0.717, 1.165) is 23.6 Å². The van der Waals surface area contributed by atoms with Crippen molar-refractivity contribution in [3.8, 4) is 0 Å². The van der Waals surface area contributed by atoms with E-state index in [0.29, 0.717) is 16.7 Å². The minimum atomic E-state index is 0.483. The predicted octanol–water partition coefficient (Wildman–Crippen LogP) is 2.08. The average molecular weight is 313 g/mol. The minimum absolute atomic E-state index is 0.483. The number of anilines is 1. The van der Waals surface area contributed by atoms with Crippen molar-refractivity contribution in [3.05, 3.63) is 28.8 Å². The Kier molecular flexibility index (Phi) is 4.61. The molecule has 2 aromatic rings. The first-order valence-electron chi connectivity index (χ1n) is 6.26. The molecule has 0 spiro atoms. The van der Waals surface area contributed by atoms with Crippen LogP contribution in [0.4, 0.5) is 5.69 Å². The molecule has 0 bridgehead atoms. The number of hydrogen-bond acceptors (Lipinski definition) is 3. The summed E-state index contributed by atoms with van der Waals surface area (Å²) >= 11 is 11.3. The van der Waals surface area contributed by atoms with Crippen LogP contribution in [0, 0.1) is 6.92 Å². The van der Waals surface area contributed by atoms with Gasteiger partial charge in [0.2, 0.25) is 0 Å². The van der Waals surface area contributed by atoms with Gasteiger partial charge in [-0.1, -0.05) is 11.6 Å². The zero-order valence-corrected chi connectivity index (χ0v) is 13.2. The van der Waals surface area contributed by atoms with E-state index in [4.69, 9.17) is 23.8 Å². The van der Waals surface area contributed by atoms with Crippen LogP contribution in [-0.4, -0.2) is 24.7 Å². The van der Waals surface area contributed by atoms with Crippen LogP contribution in [0.15, 0.2) is 12.4 Å². The Bertz CT molecular complexity index is 617. The van der Waals surface area contributed by atoms with Crippen LogP contribution in [-0.2, 0) is 20.1 Å². The van der Waals surface area contributed by atoms with E-state index in [2.05, 4.69) is 20.8 Å². The first-order valence-corrected chi connectivity index (χ1v) is 7.05. The number of hydrogen-bond donors (Lipinski definition) is 2. The van der Waals surface area contributed by atoms with Gasteiger partial charge in [-0.2, -0.15) is 10.2 Å². The highest BCUT2D eigenvalue weighted by atomic mass is 35.5. The number of aryl methyl sites for hydroxylation is 2. The first-order chi connectivity index (χ1) is 9.51. The van der Waals surface area contributed by atoms with E-state index in [1.807, 2.05) is 20.9 Å². The van der Waals surface area contributed by atoms with Crippen LogP contribution < -0.4 is 10.6 Å². The summed E-state index contributed by atoms with van der Waals surface area (Å²) in [5, 5.41) is 15.8. The molecule has 0 radical (unpaired) electrons. The van der Waals surface area contributed by atoms with Gasteiger partial charge in [0.15, 0.2) is 5.11 Å². The zero-order valence-electron chi connectivity index (χ0n) is 11.6. The SMILES string of the molecule is CCn1cc(Cl)c(CNC(=S)Nc2cnn(C)c2C)n1. The molecule has 2 aromatic heterocycles. The Balaban J connectivity index is 1.92. The molecule has 0 atom stereocenters. The van der Waals surface area contributed by atoms with Crippen LogP contribution >= 0.6 is 23.8 Å². The summed E-state index contributed by atoms with van der Waals surface area (Å²) in [6.07, 6.45) is 3.54. The van der Waals surface area contributed by atoms with Crippen molar-refractivity contribution in [3.63, 3.8) is 0 Å². The highest BCUT2D eigenvalue weighted by molar-refractivity contribution is 7.80. The summed E-state index contributed by atoms with van der Waals surface area (Å²) in [7, 11) is 1.88. The van der Waals surface area contributed by atoms with E-state index >= 15 is 0 Å². The third-order valence-corrected chi connectivity index (χ3v) is 3.57. The second-order valence-electron chi connectivity index (χ2n) is 4.35. The number of aromatic nitrogens is 4. The van der Waals surface area contributed by atoms with Crippen LogP contribution in [0.3, 0.4) is 0 Å². The highest BCUT2D eigenvalue weighted by Crippen LogP contribution is 2.14. The molecular weight excluding hydrogens is 296 g/mol. The first kappa shape index (κ1) is 14.8. The predicted molar refractivity (Wildman–Crippen MR) is 83.9 cm³/mol. The standard InChI is InChI=1S/C12H17ClN6S/c1-4-19-7-9(13)11(17-19)5-14-12(20)16-10-6-15-18(3)8(10)2/h6-7H,4-5H2,1-3H3,(H2,14,16,20). The summed E-state index contributed by atoms with van der Waals surface area (Å²) < 4.78 is 3.58. The van der Waals surface area contributed by atoms with Gasteiger partial charge in [-0.15, -0.1) is 0 Å². The topological polar surface area (TPSA) is 59.7 Å². The molecule has 0 unspecified atom stereocenters. The number of nitrogens with zero attached hydrogens (tertiary/aromatic N) is 4. The van der Waals surface area contributed by atoms with E-state index in [1.54, 1.807) is 21.8 Å². The molecule has 8 heteroatoms. The summed E-state index contributed by atoms with van der Waals surface area (Å²) in [5.74, 6) is 0. The maximum atomic E-state index is 6.10. The van der Waals surface area contributed by atoms with Crippen molar-refractivity contribution >= 4 is 34.6 Å². The second-order valence-corrected chi connectivity index (χ2v) is 5.17. The van der Waals surface area contributed by atoms with Crippen LogP contribution in [0.2, 0.25) is 5.02 Å². The molecule has 0 aromatic carbocycles. The van der Waals surface area contributed by atoms with Crippen LogP contribution in [0.5, 0.6) is 0 Å². The fraction of sp³-hybridized carbons (Fsp3) is 0.417. The smallest absolute Gasteiger partial charge is 0.171 e. The minimum Gasteiger partial charge on any atom is -0.357 e. The van der Waals surface area contributed by atoms with Gasteiger partial charge in [-0.05, 0) is 26.1 Å². The van der Waals surface area contributed by atoms with Crippen molar-refractivity contribution in [1.29, 1.82) is 0 Å². The van der Waals surface area contributed by atoms with Gasteiger partial charge in [0, 0.05) is 19.8 Å². The molecule has 0 amide bonds. The number of halogens is 1. The van der Waals surface area contributed by atoms with Gasteiger partial charge in [0.05, 0.1) is 29.1 Å². The molecule has 6 nitrogen and oxygen atoms in total. The fourth-order valence-electron chi connectivity index (χ4n) is 1.67. The maximum absolute atomic E-state index is 6.10. The van der Waals surface area contributed by atoms with Crippen molar-refractivity contribution in [2.45, 2.75) is 26.9 Å². The molecule has 0 aliphatic heterocycles. The molecule has 2 heterocycles. The Morgan fingerprint density at radius 2 is 2.25 bits per heavy atom. The summed E-state index contributed by atoms with van der Waals surface area (Å²) in [4.78, 5) is 0. The second kappa shape index (κ2) is 6.23. The molecule has 20 heavy (non-hydrogen) atoms. The highest BCUT2D eigenvalue weighted by Gasteiger charge is 2.08. The van der Waals surface area contributed by atoms with Gasteiger partial charge in [0.1, 0.15) is 5.69 Å². The van der Waals surface area contributed by atoms with Crippen molar-refractivity contribution in [2.24, 2.45) is 7.05 Å². The third kappa shape index (κ3) is 3.29. The quantitative estimate of drug-likeness (QED) is 0.847. The number of rotatable bonds is 4. The van der Waals surface area contributed by atoms with Gasteiger partial charge in [-0.3, -0.25) is 9.36 Å².